The van der Waals surface area contributed by atoms with E-state index in [0.717, 1.165) is 5.56 Å². The molecule has 9 heteroatoms. The highest BCUT2D eigenvalue weighted by molar-refractivity contribution is 9.08. The van der Waals surface area contributed by atoms with Gasteiger partial charge in [0.25, 0.3) is 0 Å². The minimum absolute atomic E-state index is 0.169. The van der Waals surface area contributed by atoms with Gasteiger partial charge < -0.3 is 15.8 Å². The van der Waals surface area contributed by atoms with Crippen LogP contribution >= 0.6 is 15.9 Å². The summed E-state index contributed by atoms with van der Waals surface area (Å²) >= 11 is 3.48. The van der Waals surface area contributed by atoms with Crippen molar-refractivity contribution < 1.29 is 18.7 Å². The van der Waals surface area contributed by atoms with Crippen LogP contribution in [-0.2, 0) is 32.2 Å². The highest BCUT2D eigenvalue weighted by atomic mass is 79.9. The van der Waals surface area contributed by atoms with Crippen molar-refractivity contribution in [3.05, 3.63) is 94.6 Å². The summed E-state index contributed by atoms with van der Waals surface area (Å²) in [6, 6.07) is 14.2. The number of carbonyl (C=O) groups excluding carboxylic acids is 2. The Morgan fingerprint density at radius 2 is 1.83 bits per heavy atom. The predicted molar refractivity (Wildman–Crippen MR) is 167 cm³/mol. The highest BCUT2D eigenvalue weighted by Gasteiger charge is 2.66. The number of nitrogens with two attached hydrogens (primary N) is 1. The summed E-state index contributed by atoms with van der Waals surface area (Å²) in [4.78, 5) is 30.9. The third-order valence-corrected chi connectivity index (χ3v) is 9.08. The molecule has 42 heavy (non-hydrogen) atoms. The number of nitrogens with one attached hydrogen (secondary N) is 2. The van der Waals surface area contributed by atoms with Gasteiger partial charge in [-0.15, -0.1) is 0 Å². The molecule has 2 heterocycles. The lowest BCUT2D eigenvalue weighted by molar-refractivity contribution is -0.119. The molecule has 1 amide bonds. The van der Waals surface area contributed by atoms with Crippen molar-refractivity contribution >= 4 is 33.5 Å². The zero-order chi connectivity index (χ0) is 30.9. The van der Waals surface area contributed by atoms with Crippen molar-refractivity contribution in [2.45, 2.75) is 75.8 Å². The number of rotatable bonds is 8. The Kier molecular flexibility index (Phi) is 9.25. The van der Waals surface area contributed by atoms with Crippen molar-refractivity contribution in [3.63, 3.8) is 0 Å². The number of hydrogen-bond acceptors (Lipinski definition) is 6. The number of aryl methyl sites for hydroxylation is 1. The van der Waals surface area contributed by atoms with Crippen molar-refractivity contribution in [1.29, 1.82) is 0 Å². The molecule has 1 unspecified atom stereocenters. The predicted octanol–water partition coefficient (Wildman–Crippen LogP) is 5.99. The third-order valence-electron chi connectivity index (χ3n) is 8.43. The van der Waals surface area contributed by atoms with E-state index in [4.69, 9.17) is 15.5 Å². The zero-order valence-electron chi connectivity index (χ0n) is 25.1. The number of benzene rings is 2. The van der Waals surface area contributed by atoms with Gasteiger partial charge >= 0.3 is 5.97 Å². The fourth-order valence-corrected chi connectivity index (χ4v) is 6.45. The number of ether oxygens (including phenoxy) is 1. The quantitative estimate of drug-likeness (QED) is 0.207. The Labute approximate surface area is 256 Å². The van der Waals surface area contributed by atoms with Gasteiger partial charge in [0.05, 0.1) is 29.9 Å². The smallest absolute Gasteiger partial charge is 0.337 e. The molecule has 0 saturated carbocycles. The highest BCUT2D eigenvalue weighted by Crippen LogP contribution is 2.52. The van der Waals surface area contributed by atoms with Gasteiger partial charge in [0.1, 0.15) is 5.82 Å². The molecular formula is C33H40BrFN4O3. The number of carbonyl (C=O) groups is 2. The number of methoxy groups -OCH3 is 1. The zero-order valence-corrected chi connectivity index (χ0v) is 26.6. The van der Waals surface area contributed by atoms with Gasteiger partial charge in [0.15, 0.2) is 0 Å². The number of amides is 1. The van der Waals surface area contributed by atoms with Crippen molar-refractivity contribution in [1.82, 2.24) is 10.3 Å². The topological polar surface area (TPSA) is 106 Å². The van der Waals surface area contributed by atoms with E-state index in [1.165, 1.54) is 7.11 Å². The third kappa shape index (κ3) is 5.74. The SMILES string of the molecule is CCc1cccc([C@@]2(C)[C@H](C(=O)Nc3ccc(C(=O)OC)cc3)NC(CC(C)(C)C)[C@]2(N)c2ccc(CBr)cn2)c1F. The first-order valence-electron chi connectivity index (χ1n) is 14.1. The average molecular weight is 640 g/mol. The summed E-state index contributed by atoms with van der Waals surface area (Å²) in [5.74, 6) is -1.21. The maximum atomic E-state index is 16.3. The standard InChI is InChI=1S/C33H40BrFN4O3/c1-7-21-9-8-10-24(27(21)35)32(5)28(29(40)38-23-14-12-22(13-15-23)30(41)42-6)39-26(17-31(2,3)4)33(32,36)25-16-11-20(18-34)19-37-25/h8-16,19,26,28,39H,7,17-18,36H2,1-6H3,(H,38,40)/t26?,28-,32-,33+/m0/s1. The summed E-state index contributed by atoms with van der Waals surface area (Å²) in [6.07, 6.45) is 2.86. The first kappa shape index (κ1) is 31.8. The number of pyridine rings is 1. The van der Waals surface area contributed by atoms with Gasteiger partial charge in [-0.1, -0.05) is 74.8 Å². The summed E-state index contributed by atoms with van der Waals surface area (Å²) < 4.78 is 21.1. The molecule has 1 saturated heterocycles. The Morgan fingerprint density at radius 3 is 2.38 bits per heavy atom. The van der Waals surface area contributed by atoms with Gasteiger partial charge in [-0.05, 0) is 65.3 Å². The number of halogens is 2. The number of esters is 1. The minimum atomic E-state index is -1.27. The van der Waals surface area contributed by atoms with Crippen LogP contribution < -0.4 is 16.4 Å². The van der Waals surface area contributed by atoms with E-state index in [1.54, 1.807) is 42.6 Å². The molecule has 4 rings (SSSR count). The molecule has 1 aliphatic heterocycles. The van der Waals surface area contributed by atoms with Gasteiger partial charge in [0, 0.05) is 28.7 Å². The van der Waals surface area contributed by atoms with Crippen LogP contribution in [0.5, 0.6) is 0 Å². The molecule has 7 nitrogen and oxygen atoms in total. The molecule has 1 aromatic heterocycles. The lowest BCUT2D eigenvalue weighted by Gasteiger charge is -2.46. The molecule has 0 aliphatic carbocycles. The molecule has 1 fully saturated rings. The maximum Gasteiger partial charge on any atom is 0.337 e. The lowest BCUT2D eigenvalue weighted by Crippen LogP contribution is -2.61. The summed E-state index contributed by atoms with van der Waals surface area (Å²) in [6.45, 7) is 10.1. The van der Waals surface area contributed by atoms with Crippen LogP contribution in [0.2, 0.25) is 0 Å². The number of anilines is 1. The van der Waals surface area contributed by atoms with Crippen molar-refractivity contribution in [3.8, 4) is 0 Å². The van der Waals surface area contributed by atoms with Crippen LogP contribution in [0.25, 0.3) is 0 Å². The molecule has 0 spiro atoms. The minimum Gasteiger partial charge on any atom is -0.465 e. The lowest BCUT2D eigenvalue weighted by atomic mass is 9.60. The molecule has 0 radical (unpaired) electrons. The molecule has 4 atom stereocenters. The number of hydrogen-bond donors (Lipinski definition) is 3. The molecule has 1 aliphatic rings. The fourth-order valence-electron chi connectivity index (χ4n) is 6.12. The molecule has 3 aromatic rings. The molecular weight excluding hydrogens is 599 g/mol. The van der Waals surface area contributed by atoms with Gasteiger partial charge in [-0.3, -0.25) is 15.1 Å². The van der Waals surface area contributed by atoms with Crippen LogP contribution in [0, 0.1) is 11.2 Å². The normalized spacial score (nSPS) is 23.9. The second kappa shape index (κ2) is 12.2. The maximum absolute atomic E-state index is 16.3. The van der Waals surface area contributed by atoms with Crippen LogP contribution in [0.4, 0.5) is 10.1 Å². The summed E-state index contributed by atoms with van der Waals surface area (Å²) in [5, 5.41) is 7.16. The van der Waals surface area contributed by atoms with E-state index in [2.05, 4.69) is 47.3 Å². The van der Waals surface area contributed by atoms with Crippen LogP contribution in [-0.4, -0.2) is 36.1 Å². The summed E-state index contributed by atoms with van der Waals surface area (Å²) in [5.41, 5.74) is 8.18. The number of alkyl halides is 1. The summed E-state index contributed by atoms with van der Waals surface area (Å²) in [7, 11) is 1.31. The van der Waals surface area contributed by atoms with E-state index in [-0.39, 0.29) is 17.1 Å². The van der Waals surface area contributed by atoms with E-state index < -0.39 is 29.0 Å². The van der Waals surface area contributed by atoms with Gasteiger partial charge in [-0.25, -0.2) is 9.18 Å². The van der Waals surface area contributed by atoms with Crippen LogP contribution in [0.15, 0.2) is 60.8 Å². The van der Waals surface area contributed by atoms with Crippen molar-refractivity contribution in [2.24, 2.45) is 11.1 Å². The molecule has 2 aromatic carbocycles. The largest absolute Gasteiger partial charge is 0.465 e. The molecule has 0 bridgehead atoms. The van der Waals surface area contributed by atoms with E-state index in [0.29, 0.717) is 46.2 Å². The number of aromatic nitrogens is 1. The van der Waals surface area contributed by atoms with Gasteiger partial charge in [0.2, 0.25) is 5.91 Å². The Morgan fingerprint density at radius 1 is 1.14 bits per heavy atom. The van der Waals surface area contributed by atoms with E-state index in [1.807, 2.05) is 32.0 Å². The fraction of sp³-hybridized carbons (Fsp3) is 0.424. The first-order valence-corrected chi connectivity index (χ1v) is 15.3. The molecule has 4 N–H and O–H groups in total. The van der Waals surface area contributed by atoms with Gasteiger partial charge in [-0.2, -0.15) is 0 Å². The van der Waals surface area contributed by atoms with Crippen molar-refractivity contribution in [2.75, 3.05) is 12.4 Å². The number of nitrogens with zero attached hydrogens (tertiary/aromatic N) is 1. The first-order chi connectivity index (χ1) is 19.8. The Bertz CT molecular complexity index is 1440. The Balaban J connectivity index is 1.90. The Hall–Kier alpha value is -3.14. The average Bonchev–Trinajstić information content (AvgIpc) is 3.19. The van der Waals surface area contributed by atoms with E-state index in [9.17, 15) is 9.59 Å². The second-order valence-corrected chi connectivity index (χ2v) is 12.9. The second-order valence-electron chi connectivity index (χ2n) is 12.4. The van der Waals surface area contributed by atoms with E-state index >= 15 is 4.39 Å². The van der Waals surface area contributed by atoms with Crippen LogP contribution in [0.1, 0.15) is 73.8 Å². The van der Waals surface area contributed by atoms with Crippen LogP contribution in [0.3, 0.4) is 0 Å². The monoisotopic (exact) mass is 638 g/mol. The molecule has 224 valence electrons.